The summed E-state index contributed by atoms with van der Waals surface area (Å²) in [5.41, 5.74) is 5.00. The van der Waals surface area contributed by atoms with Gasteiger partial charge in [-0.05, 0) is 48.7 Å². The van der Waals surface area contributed by atoms with E-state index in [4.69, 9.17) is 0 Å². The van der Waals surface area contributed by atoms with Crippen LogP contribution in [0.4, 0.5) is 0 Å². The van der Waals surface area contributed by atoms with Gasteiger partial charge in [-0.15, -0.1) is 0 Å². The zero-order chi connectivity index (χ0) is 10.3. The van der Waals surface area contributed by atoms with Gasteiger partial charge >= 0.3 is 0 Å². The summed E-state index contributed by atoms with van der Waals surface area (Å²) in [6.07, 6.45) is 3.82. The molecule has 1 unspecified atom stereocenters. The summed E-state index contributed by atoms with van der Waals surface area (Å²) in [4.78, 5) is 4.60. The van der Waals surface area contributed by atoms with Gasteiger partial charge in [0.2, 0.25) is 0 Å². The fourth-order valence-electron chi connectivity index (χ4n) is 2.57. The highest BCUT2D eigenvalue weighted by atomic mass is 14.8. The zero-order valence-electron chi connectivity index (χ0n) is 9.85. The molecule has 0 bridgehead atoms. The maximum absolute atomic E-state index is 4.60. The van der Waals surface area contributed by atoms with Crippen LogP contribution in [0.5, 0.6) is 0 Å². The number of hydrogen-bond acceptors (Lipinski definition) is 1. The molecule has 0 aromatic rings. The highest BCUT2D eigenvalue weighted by Gasteiger charge is 2.32. The molecule has 1 aliphatic carbocycles. The molecule has 2 rings (SSSR count). The van der Waals surface area contributed by atoms with E-state index in [1.807, 2.05) is 0 Å². The lowest BCUT2D eigenvalue weighted by atomic mass is 9.70. The average Bonchev–Trinajstić information content (AvgIpc) is 2.46. The lowest BCUT2D eigenvalue weighted by molar-refractivity contribution is 0.223. The quantitative estimate of drug-likeness (QED) is 0.554. The van der Waals surface area contributed by atoms with Gasteiger partial charge < -0.3 is 0 Å². The van der Waals surface area contributed by atoms with E-state index in [-0.39, 0.29) is 0 Å². The van der Waals surface area contributed by atoms with Crippen LogP contribution >= 0.6 is 0 Å². The Labute approximate surface area is 87.3 Å². The number of hydrogen-bond donors (Lipinski definition) is 0. The molecule has 0 N–H and O–H groups in total. The van der Waals surface area contributed by atoms with Crippen molar-refractivity contribution in [1.82, 2.24) is 0 Å². The first-order valence-corrected chi connectivity index (χ1v) is 5.71. The smallest absolute Gasteiger partial charge is 0.0606 e. The van der Waals surface area contributed by atoms with Crippen LogP contribution < -0.4 is 0 Å². The van der Waals surface area contributed by atoms with Gasteiger partial charge in [-0.1, -0.05) is 20.8 Å². The van der Waals surface area contributed by atoms with Gasteiger partial charge in [0.05, 0.1) is 6.54 Å². The molecule has 0 aromatic carbocycles. The SMILES string of the molecule is CC1=C2CC(C(C)(C)C)CCC2=NC1. The van der Waals surface area contributed by atoms with Crippen molar-refractivity contribution in [1.29, 1.82) is 0 Å². The third-order valence-corrected chi connectivity index (χ3v) is 3.78. The topological polar surface area (TPSA) is 12.4 Å². The molecule has 1 nitrogen and oxygen atoms in total. The summed E-state index contributed by atoms with van der Waals surface area (Å²) in [6.45, 7) is 10.3. The first kappa shape index (κ1) is 9.95. The monoisotopic (exact) mass is 191 g/mol. The van der Waals surface area contributed by atoms with E-state index in [0.717, 1.165) is 12.5 Å². The minimum absolute atomic E-state index is 0.460. The van der Waals surface area contributed by atoms with Gasteiger partial charge in [0.25, 0.3) is 0 Å². The molecule has 0 radical (unpaired) electrons. The Kier molecular flexibility index (Phi) is 2.29. The zero-order valence-corrected chi connectivity index (χ0v) is 9.85. The highest BCUT2D eigenvalue weighted by molar-refractivity contribution is 6.03. The molecular formula is C13H21N. The van der Waals surface area contributed by atoms with Crippen molar-refractivity contribution >= 4 is 5.71 Å². The molecule has 1 fully saturated rings. The minimum Gasteiger partial charge on any atom is -0.285 e. The Hall–Kier alpha value is -0.590. The third kappa shape index (κ3) is 1.65. The molecule has 0 saturated heterocycles. The second kappa shape index (κ2) is 3.22. The molecule has 0 spiro atoms. The Morgan fingerprint density at radius 3 is 2.64 bits per heavy atom. The number of rotatable bonds is 0. The molecule has 1 aliphatic heterocycles. The second-order valence-corrected chi connectivity index (χ2v) is 5.83. The summed E-state index contributed by atoms with van der Waals surface area (Å²) >= 11 is 0. The Balaban J connectivity index is 2.18. The summed E-state index contributed by atoms with van der Waals surface area (Å²) in [5.74, 6) is 0.851. The standard InChI is InChI=1S/C13H21N/c1-9-8-14-12-6-5-10(7-11(9)12)13(2,3)4/h10H,5-8H2,1-4H3. The van der Waals surface area contributed by atoms with E-state index in [1.165, 1.54) is 30.5 Å². The molecule has 1 heteroatoms. The van der Waals surface area contributed by atoms with Crippen molar-refractivity contribution in [3.05, 3.63) is 11.1 Å². The predicted octanol–water partition coefficient (Wildman–Crippen LogP) is 3.60. The molecule has 1 atom stereocenters. The van der Waals surface area contributed by atoms with Crippen LogP contribution in [-0.4, -0.2) is 12.3 Å². The van der Waals surface area contributed by atoms with Crippen molar-refractivity contribution in [3.8, 4) is 0 Å². The number of fused-ring (bicyclic) bond motifs is 1. The molecule has 2 aliphatic rings. The maximum atomic E-state index is 4.60. The summed E-state index contributed by atoms with van der Waals surface area (Å²) < 4.78 is 0. The molecule has 0 aromatic heterocycles. The van der Waals surface area contributed by atoms with Crippen LogP contribution in [0.25, 0.3) is 0 Å². The van der Waals surface area contributed by atoms with Gasteiger partial charge in [0.1, 0.15) is 0 Å². The van der Waals surface area contributed by atoms with E-state index in [9.17, 15) is 0 Å². The van der Waals surface area contributed by atoms with E-state index in [1.54, 1.807) is 5.57 Å². The van der Waals surface area contributed by atoms with Gasteiger partial charge in [0, 0.05) is 5.71 Å². The molecular weight excluding hydrogens is 170 g/mol. The maximum Gasteiger partial charge on any atom is 0.0606 e. The van der Waals surface area contributed by atoms with Crippen molar-refractivity contribution in [2.24, 2.45) is 16.3 Å². The third-order valence-electron chi connectivity index (χ3n) is 3.78. The van der Waals surface area contributed by atoms with Crippen LogP contribution in [0, 0.1) is 11.3 Å². The number of aliphatic imine (C=N–C) groups is 1. The van der Waals surface area contributed by atoms with Crippen molar-refractivity contribution in [3.63, 3.8) is 0 Å². The fourth-order valence-corrected chi connectivity index (χ4v) is 2.57. The van der Waals surface area contributed by atoms with Gasteiger partial charge in [-0.25, -0.2) is 0 Å². The van der Waals surface area contributed by atoms with Crippen LogP contribution in [0.2, 0.25) is 0 Å². The van der Waals surface area contributed by atoms with E-state index in [0.29, 0.717) is 5.41 Å². The lowest BCUT2D eigenvalue weighted by Crippen LogP contribution is -2.27. The summed E-state index contributed by atoms with van der Waals surface area (Å²) in [7, 11) is 0. The Bertz CT molecular complexity index is 302. The van der Waals surface area contributed by atoms with E-state index < -0.39 is 0 Å². The van der Waals surface area contributed by atoms with Crippen molar-refractivity contribution in [2.45, 2.75) is 47.0 Å². The second-order valence-electron chi connectivity index (χ2n) is 5.83. The predicted molar refractivity (Wildman–Crippen MR) is 61.8 cm³/mol. The van der Waals surface area contributed by atoms with Gasteiger partial charge in [0.15, 0.2) is 0 Å². The molecule has 1 saturated carbocycles. The first-order valence-electron chi connectivity index (χ1n) is 5.71. The summed E-state index contributed by atoms with van der Waals surface area (Å²) in [6, 6.07) is 0. The van der Waals surface area contributed by atoms with Crippen molar-refractivity contribution in [2.75, 3.05) is 6.54 Å². The number of allylic oxidation sites excluding steroid dienone is 1. The summed E-state index contributed by atoms with van der Waals surface area (Å²) in [5, 5.41) is 0. The molecule has 0 amide bonds. The van der Waals surface area contributed by atoms with Crippen LogP contribution in [0.1, 0.15) is 47.0 Å². The Morgan fingerprint density at radius 1 is 1.29 bits per heavy atom. The molecule has 14 heavy (non-hydrogen) atoms. The number of nitrogens with zero attached hydrogens (tertiary/aromatic N) is 1. The average molecular weight is 191 g/mol. The van der Waals surface area contributed by atoms with Gasteiger partial charge in [-0.3, -0.25) is 4.99 Å². The van der Waals surface area contributed by atoms with Crippen LogP contribution in [0.15, 0.2) is 16.1 Å². The Morgan fingerprint density at radius 2 is 2.00 bits per heavy atom. The highest BCUT2D eigenvalue weighted by Crippen LogP contribution is 2.41. The lowest BCUT2D eigenvalue weighted by Gasteiger charge is -2.35. The van der Waals surface area contributed by atoms with Crippen LogP contribution in [0.3, 0.4) is 0 Å². The van der Waals surface area contributed by atoms with E-state index >= 15 is 0 Å². The normalized spacial score (nSPS) is 27.7. The van der Waals surface area contributed by atoms with E-state index in [2.05, 4.69) is 32.7 Å². The molecule has 1 heterocycles. The largest absolute Gasteiger partial charge is 0.285 e. The van der Waals surface area contributed by atoms with Gasteiger partial charge in [-0.2, -0.15) is 0 Å². The fraction of sp³-hybridized carbons (Fsp3) is 0.769. The molecule has 78 valence electrons. The van der Waals surface area contributed by atoms with Crippen LogP contribution in [-0.2, 0) is 0 Å². The van der Waals surface area contributed by atoms with Crippen molar-refractivity contribution < 1.29 is 0 Å². The minimum atomic E-state index is 0.460. The first-order chi connectivity index (χ1) is 6.48.